The normalized spacial score (nSPS) is 18.3. The Bertz CT molecular complexity index is 2430. The second-order valence-electron chi connectivity index (χ2n) is 15.6. The van der Waals surface area contributed by atoms with E-state index in [9.17, 15) is 37.1 Å². The molecule has 3 fully saturated rings. The lowest BCUT2D eigenvalue weighted by atomic mass is 9.87. The fourth-order valence-electron chi connectivity index (χ4n) is 7.75. The van der Waals surface area contributed by atoms with Gasteiger partial charge in [0.25, 0.3) is 0 Å². The number of imide groups is 1. The first-order valence-corrected chi connectivity index (χ1v) is 21.4. The molecule has 0 saturated carbocycles. The standard InChI is InChI=1S/C42H47F3N8O7S/c1-3-50(2)61(59,60)49-32-10-9-30(43)38(39(32)45)40(56)27-22-34(46-25-27)26-4-7-29(8-5-26)51-18-20-53(21-19-51)37(55)24-42(58)14-16-52(17-15-42)35-12-6-28(23-31(35)44)47-33-11-13-36(54)48-41(33)57/h4-10,12,22-23,25,33,46-47,49,58H,3,11,13-21,24H2,1-2H3,(H,48,54,57). The maximum atomic E-state index is 15.4. The molecule has 3 amide bonds. The number of benzene rings is 3. The predicted octanol–water partition coefficient (Wildman–Crippen LogP) is 4.23. The van der Waals surface area contributed by atoms with Gasteiger partial charge in [-0.15, -0.1) is 0 Å². The number of halogens is 3. The van der Waals surface area contributed by atoms with Crippen LogP contribution in [0.2, 0.25) is 0 Å². The minimum absolute atomic E-state index is 0.0275. The SMILES string of the molecule is CCN(C)S(=O)(=O)Nc1ccc(F)c(C(=O)c2c[nH]c(-c3ccc(N4CCN(C(=O)CC5(O)CCN(c6ccc(NC7CCC(=O)NC7=O)cc6F)CC5)CC4)cc3)c2)c1F. The molecule has 19 heteroatoms. The summed E-state index contributed by atoms with van der Waals surface area (Å²) in [6, 6.07) is 14.6. The molecule has 1 aromatic heterocycles. The van der Waals surface area contributed by atoms with Crippen LogP contribution in [0.5, 0.6) is 0 Å². The number of aromatic nitrogens is 1. The molecule has 0 bridgehead atoms. The highest BCUT2D eigenvalue weighted by Crippen LogP contribution is 2.33. The number of nitrogens with one attached hydrogen (secondary N) is 4. The average Bonchev–Trinajstić information content (AvgIpc) is 3.74. The van der Waals surface area contributed by atoms with Crippen molar-refractivity contribution in [1.82, 2.24) is 19.5 Å². The van der Waals surface area contributed by atoms with Crippen molar-refractivity contribution in [3.05, 3.63) is 95.4 Å². The van der Waals surface area contributed by atoms with Gasteiger partial charge in [-0.2, -0.15) is 12.7 Å². The van der Waals surface area contributed by atoms with E-state index in [0.717, 1.165) is 22.1 Å². The molecule has 7 rings (SSSR count). The molecule has 3 aromatic carbocycles. The summed E-state index contributed by atoms with van der Waals surface area (Å²) < 4.78 is 73.3. The summed E-state index contributed by atoms with van der Waals surface area (Å²) in [7, 11) is -2.84. The largest absolute Gasteiger partial charge is 0.389 e. The molecule has 1 unspecified atom stereocenters. The minimum Gasteiger partial charge on any atom is -0.389 e. The Morgan fingerprint density at radius 2 is 1.62 bits per heavy atom. The van der Waals surface area contributed by atoms with Gasteiger partial charge < -0.3 is 30.1 Å². The molecule has 0 spiro atoms. The number of aromatic amines is 1. The number of aliphatic hydroxyl groups is 1. The van der Waals surface area contributed by atoms with Crippen LogP contribution in [0, 0.1) is 17.5 Å². The Balaban J connectivity index is 0.893. The van der Waals surface area contributed by atoms with Crippen molar-refractivity contribution in [3.8, 4) is 11.3 Å². The zero-order valence-electron chi connectivity index (χ0n) is 33.6. The lowest BCUT2D eigenvalue weighted by Gasteiger charge is -2.41. The summed E-state index contributed by atoms with van der Waals surface area (Å²) in [5.74, 6) is -4.86. The number of rotatable bonds is 13. The number of ketones is 1. The van der Waals surface area contributed by atoms with Gasteiger partial charge >= 0.3 is 10.2 Å². The van der Waals surface area contributed by atoms with Gasteiger partial charge in [-0.25, -0.2) is 13.2 Å². The quantitative estimate of drug-likeness (QED) is 0.0963. The molecule has 4 heterocycles. The number of nitrogens with zero attached hydrogens (tertiary/aromatic N) is 4. The van der Waals surface area contributed by atoms with Crippen LogP contribution in [0.4, 0.5) is 35.9 Å². The van der Waals surface area contributed by atoms with Crippen LogP contribution in [0.3, 0.4) is 0 Å². The fraction of sp³-hybridized carbons (Fsp3) is 0.381. The number of hydrogen-bond donors (Lipinski definition) is 5. The Kier molecular flexibility index (Phi) is 12.4. The van der Waals surface area contributed by atoms with Crippen LogP contribution in [0.15, 0.2) is 66.9 Å². The second kappa shape index (κ2) is 17.6. The lowest BCUT2D eigenvalue weighted by Crippen LogP contribution is -2.52. The predicted molar refractivity (Wildman–Crippen MR) is 223 cm³/mol. The first-order chi connectivity index (χ1) is 29.0. The van der Waals surface area contributed by atoms with E-state index in [-0.39, 0.29) is 49.6 Å². The average molecular weight is 865 g/mol. The fourth-order valence-corrected chi connectivity index (χ4v) is 8.68. The van der Waals surface area contributed by atoms with E-state index in [1.807, 2.05) is 29.2 Å². The zero-order valence-corrected chi connectivity index (χ0v) is 34.5. The van der Waals surface area contributed by atoms with Gasteiger partial charge in [0.1, 0.15) is 17.7 Å². The number of carbonyl (C=O) groups excluding carboxylic acids is 4. The third-order valence-electron chi connectivity index (χ3n) is 11.6. The van der Waals surface area contributed by atoms with Gasteiger partial charge in [-0.05, 0) is 73.4 Å². The summed E-state index contributed by atoms with van der Waals surface area (Å²) in [6.07, 6.45) is 2.35. The van der Waals surface area contributed by atoms with Crippen molar-refractivity contribution in [2.75, 3.05) is 72.7 Å². The Morgan fingerprint density at radius 3 is 2.28 bits per heavy atom. The summed E-state index contributed by atoms with van der Waals surface area (Å²) in [4.78, 5) is 58.8. The van der Waals surface area contributed by atoms with E-state index in [1.54, 1.807) is 24.0 Å². The van der Waals surface area contributed by atoms with Crippen LogP contribution in [0.1, 0.15) is 54.9 Å². The molecule has 3 aliphatic rings. The van der Waals surface area contributed by atoms with Crippen molar-refractivity contribution < 1.29 is 45.9 Å². The zero-order chi connectivity index (χ0) is 43.6. The van der Waals surface area contributed by atoms with E-state index in [2.05, 4.69) is 25.2 Å². The molecule has 0 radical (unpaired) electrons. The van der Waals surface area contributed by atoms with Crippen molar-refractivity contribution in [2.45, 2.75) is 50.7 Å². The van der Waals surface area contributed by atoms with Gasteiger partial charge in [0, 0.05) is 88.1 Å². The summed E-state index contributed by atoms with van der Waals surface area (Å²) in [5, 5.41) is 16.6. The van der Waals surface area contributed by atoms with Gasteiger partial charge in [0.05, 0.1) is 29.0 Å². The van der Waals surface area contributed by atoms with Crippen LogP contribution in [0.25, 0.3) is 11.3 Å². The van der Waals surface area contributed by atoms with Gasteiger partial charge in [0.15, 0.2) is 5.82 Å². The third kappa shape index (κ3) is 9.53. The topological polar surface area (TPSA) is 187 Å². The molecular weight excluding hydrogens is 818 g/mol. The Morgan fingerprint density at radius 1 is 0.918 bits per heavy atom. The Labute approximate surface area is 351 Å². The van der Waals surface area contributed by atoms with Crippen LogP contribution >= 0.6 is 0 Å². The number of amides is 3. The van der Waals surface area contributed by atoms with Crippen LogP contribution in [-0.2, 0) is 24.6 Å². The lowest BCUT2D eigenvalue weighted by molar-refractivity contribution is -0.138. The van der Waals surface area contributed by atoms with Crippen molar-refractivity contribution >= 4 is 56.5 Å². The molecule has 324 valence electrons. The maximum Gasteiger partial charge on any atom is 0.301 e. The number of H-pyrrole nitrogens is 1. The Hall–Kier alpha value is -5.92. The molecule has 1 atom stereocenters. The monoisotopic (exact) mass is 864 g/mol. The first-order valence-electron chi connectivity index (χ1n) is 20.0. The third-order valence-corrected chi connectivity index (χ3v) is 13.1. The molecule has 5 N–H and O–H groups in total. The number of hydrogen-bond acceptors (Lipinski definition) is 10. The van der Waals surface area contributed by atoms with E-state index in [4.69, 9.17) is 0 Å². The van der Waals surface area contributed by atoms with Gasteiger partial charge in [-0.1, -0.05) is 19.1 Å². The molecule has 0 aliphatic carbocycles. The summed E-state index contributed by atoms with van der Waals surface area (Å²) in [6.45, 7) is 4.37. The van der Waals surface area contributed by atoms with Crippen molar-refractivity contribution in [1.29, 1.82) is 0 Å². The van der Waals surface area contributed by atoms with E-state index in [1.165, 1.54) is 25.4 Å². The van der Waals surface area contributed by atoms with Crippen LogP contribution in [-0.4, -0.2) is 116 Å². The molecule has 3 saturated heterocycles. The maximum absolute atomic E-state index is 15.4. The second-order valence-corrected chi connectivity index (χ2v) is 17.3. The number of piperidine rings is 2. The minimum atomic E-state index is -4.13. The van der Waals surface area contributed by atoms with Crippen LogP contribution < -0.4 is 25.2 Å². The number of anilines is 4. The molecule has 4 aromatic rings. The van der Waals surface area contributed by atoms with E-state index < -0.39 is 62.2 Å². The van der Waals surface area contributed by atoms with E-state index >= 15 is 8.78 Å². The van der Waals surface area contributed by atoms with E-state index in [0.29, 0.717) is 68.3 Å². The smallest absolute Gasteiger partial charge is 0.301 e. The highest BCUT2D eigenvalue weighted by Gasteiger charge is 2.37. The highest BCUT2D eigenvalue weighted by atomic mass is 32.2. The van der Waals surface area contributed by atoms with Crippen molar-refractivity contribution in [2.24, 2.45) is 0 Å². The number of piperazine rings is 1. The highest BCUT2D eigenvalue weighted by molar-refractivity contribution is 7.90. The summed E-state index contributed by atoms with van der Waals surface area (Å²) in [5.41, 5.74) is 0.173. The van der Waals surface area contributed by atoms with Gasteiger partial charge in [0.2, 0.25) is 23.5 Å². The van der Waals surface area contributed by atoms with Crippen molar-refractivity contribution in [3.63, 3.8) is 0 Å². The first kappa shape index (κ1) is 43.2. The molecule has 61 heavy (non-hydrogen) atoms. The molecule has 15 nitrogen and oxygen atoms in total. The number of carbonyl (C=O) groups is 4. The van der Waals surface area contributed by atoms with Gasteiger partial charge in [-0.3, -0.25) is 29.2 Å². The molecular formula is C42H47F3N8O7S. The molecule has 3 aliphatic heterocycles. The summed E-state index contributed by atoms with van der Waals surface area (Å²) >= 11 is 0.